The Balaban J connectivity index is 0.000000638. The van der Waals surface area contributed by atoms with Gasteiger partial charge in [0.2, 0.25) is 0 Å². The fourth-order valence-corrected chi connectivity index (χ4v) is 5.90. The first-order chi connectivity index (χ1) is 20.3. The highest BCUT2D eigenvalue weighted by atomic mass is 32.2. The lowest BCUT2D eigenvalue weighted by Crippen LogP contribution is -2.10. The van der Waals surface area contributed by atoms with Crippen LogP contribution in [-0.4, -0.2) is 57.6 Å². The van der Waals surface area contributed by atoms with E-state index in [1.807, 2.05) is 25.1 Å². The lowest BCUT2D eigenvalue weighted by molar-refractivity contribution is 0.112. The Morgan fingerprint density at radius 3 is 1.56 bits per heavy atom. The molecule has 0 fully saturated rings. The first-order valence-corrected chi connectivity index (χ1v) is 19.3. The third-order valence-electron chi connectivity index (χ3n) is 5.54. The quantitative estimate of drug-likeness (QED) is 0.0956. The summed E-state index contributed by atoms with van der Waals surface area (Å²) >= 11 is 0. The number of hydrogen-bond donors (Lipinski definition) is 0. The highest BCUT2D eigenvalue weighted by molar-refractivity contribution is 7.87. The minimum atomic E-state index is -3.81. The lowest BCUT2D eigenvalue weighted by atomic mass is 10.2. The summed E-state index contributed by atoms with van der Waals surface area (Å²) in [7, 11) is -10.4. The van der Waals surface area contributed by atoms with Crippen LogP contribution in [0.4, 0.5) is 0 Å². The van der Waals surface area contributed by atoms with E-state index < -0.39 is 30.4 Å². The molecule has 13 heteroatoms. The molecule has 0 heterocycles. The highest BCUT2D eigenvalue weighted by Crippen LogP contribution is 2.16. The van der Waals surface area contributed by atoms with Gasteiger partial charge in [0.15, 0.2) is 6.29 Å². The van der Waals surface area contributed by atoms with Crippen LogP contribution < -0.4 is 0 Å². The summed E-state index contributed by atoms with van der Waals surface area (Å²) in [6.45, 7) is 6.92. The van der Waals surface area contributed by atoms with Gasteiger partial charge in [-0.15, -0.1) is 0 Å². The van der Waals surface area contributed by atoms with Crippen molar-refractivity contribution in [2.75, 3.05) is 26.1 Å². The summed E-state index contributed by atoms with van der Waals surface area (Å²) in [4.78, 5) is 10.7. The van der Waals surface area contributed by atoms with Gasteiger partial charge >= 0.3 is 0 Å². The molecule has 2 aromatic rings. The van der Waals surface area contributed by atoms with Crippen LogP contribution in [0.25, 0.3) is 0 Å². The van der Waals surface area contributed by atoms with Crippen molar-refractivity contribution in [3.63, 3.8) is 0 Å². The van der Waals surface area contributed by atoms with E-state index in [0.29, 0.717) is 25.9 Å². The van der Waals surface area contributed by atoms with E-state index in [-0.39, 0.29) is 22.8 Å². The minimum absolute atomic E-state index is 0.0417. The second-order valence-electron chi connectivity index (χ2n) is 9.59. The Morgan fingerprint density at radius 1 is 0.605 bits per heavy atom. The number of aldehydes is 1. The van der Waals surface area contributed by atoms with Gasteiger partial charge in [-0.2, -0.15) is 25.3 Å². The van der Waals surface area contributed by atoms with Crippen molar-refractivity contribution in [3.05, 3.63) is 65.7 Å². The summed E-state index contributed by atoms with van der Waals surface area (Å²) in [5.74, 6) is -0.0417. The van der Waals surface area contributed by atoms with Gasteiger partial charge in [-0.25, -0.2) is 0 Å². The van der Waals surface area contributed by atoms with E-state index in [9.17, 15) is 30.0 Å². The molecule has 0 saturated heterocycles. The number of carbonyl (C=O) groups is 1. The average molecular weight is 665 g/mol. The Morgan fingerprint density at radius 2 is 1.07 bits per heavy atom. The molecular weight excluding hydrogens is 617 g/mol. The molecule has 0 amide bonds. The van der Waals surface area contributed by atoms with E-state index in [1.165, 1.54) is 12.1 Å². The molecule has 0 aliphatic rings. The second kappa shape index (κ2) is 23.3. The van der Waals surface area contributed by atoms with Crippen molar-refractivity contribution < 1.29 is 42.6 Å². The largest absolute Gasteiger partial charge is 0.298 e. The molecule has 0 aromatic heterocycles. The van der Waals surface area contributed by atoms with Crippen LogP contribution in [0, 0.1) is 0 Å². The van der Waals surface area contributed by atoms with Crippen LogP contribution in [0.5, 0.6) is 0 Å². The second-order valence-corrected chi connectivity index (χ2v) is 14.5. The Bertz CT molecular complexity index is 1330. The summed E-state index contributed by atoms with van der Waals surface area (Å²) in [6, 6.07) is 15.1. The predicted octanol–water partition coefficient (Wildman–Crippen LogP) is 6.27. The van der Waals surface area contributed by atoms with Crippen LogP contribution in [0.15, 0.2) is 59.5 Å². The summed E-state index contributed by atoms with van der Waals surface area (Å²) in [5, 5.41) is 0. The maximum absolute atomic E-state index is 11.8. The van der Waals surface area contributed by atoms with Gasteiger partial charge in [0.25, 0.3) is 30.4 Å². The standard InChI is InChI=1S/C12H16O4S.C12H18O3S.C6H14O3S/c1-2-3-6-9-16-17(14,15)12-8-5-4-7-11(12)10-13;1-2-3-7-10-15-16(13,14)11-12-8-5-4-6-9-12;1-3-4-5-6-9-10(2,7)8/h4-5,7-8,10H,2-3,6,9H2,1H3;4-6,8-9H,2-3,7,10-11H2,1H3;3-6H2,1-2H3. The third-order valence-corrected chi connectivity index (χ3v) is 8.74. The fraction of sp³-hybridized carbons (Fsp3) is 0.567. The van der Waals surface area contributed by atoms with Crippen LogP contribution in [-0.2, 0) is 48.7 Å². The van der Waals surface area contributed by atoms with Gasteiger partial charge in [-0.3, -0.25) is 17.3 Å². The van der Waals surface area contributed by atoms with Gasteiger partial charge in [0.05, 0.1) is 26.1 Å². The van der Waals surface area contributed by atoms with Gasteiger partial charge in [-0.05, 0) is 30.9 Å². The van der Waals surface area contributed by atoms with Crippen LogP contribution in [0.2, 0.25) is 0 Å². The maximum atomic E-state index is 11.8. The van der Waals surface area contributed by atoms with Crippen LogP contribution >= 0.6 is 0 Å². The first-order valence-electron chi connectivity index (χ1n) is 14.5. The molecule has 0 unspecified atom stereocenters. The molecule has 0 aliphatic carbocycles. The summed E-state index contributed by atoms with van der Waals surface area (Å²) in [6.07, 6.45) is 9.97. The highest BCUT2D eigenvalue weighted by Gasteiger charge is 2.18. The molecule has 0 bridgehead atoms. The van der Waals surface area contributed by atoms with Crippen molar-refractivity contribution >= 4 is 36.6 Å². The van der Waals surface area contributed by atoms with Gasteiger partial charge in [0.1, 0.15) is 10.6 Å². The van der Waals surface area contributed by atoms with E-state index in [0.717, 1.165) is 63.2 Å². The third kappa shape index (κ3) is 22.1. The van der Waals surface area contributed by atoms with Crippen LogP contribution in [0.3, 0.4) is 0 Å². The molecule has 0 N–H and O–H groups in total. The molecule has 246 valence electrons. The Kier molecular flexibility index (Phi) is 22.1. The molecule has 10 nitrogen and oxygen atoms in total. The maximum Gasteiger partial charge on any atom is 0.297 e. The van der Waals surface area contributed by atoms with Crippen molar-refractivity contribution in [2.45, 2.75) is 89.2 Å². The number of rotatable bonds is 19. The minimum Gasteiger partial charge on any atom is -0.298 e. The zero-order valence-corrected chi connectivity index (χ0v) is 28.2. The zero-order chi connectivity index (χ0) is 32.6. The zero-order valence-electron chi connectivity index (χ0n) is 25.8. The topological polar surface area (TPSA) is 147 Å². The molecule has 0 saturated carbocycles. The fourth-order valence-electron chi connectivity index (χ4n) is 3.31. The number of unbranched alkanes of at least 4 members (excludes halogenated alkanes) is 6. The SMILES string of the molecule is CCCCCOS(=O)(=O)Cc1ccccc1.CCCCCOS(=O)(=O)c1ccccc1C=O.CCCCCOS(C)(=O)=O. The number of hydrogen-bond acceptors (Lipinski definition) is 10. The van der Waals surface area contributed by atoms with E-state index in [1.54, 1.807) is 24.3 Å². The normalized spacial score (nSPS) is 11.5. The van der Waals surface area contributed by atoms with Crippen molar-refractivity contribution in [3.8, 4) is 0 Å². The smallest absolute Gasteiger partial charge is 0.297 e. The molecule has 2 rings (SSSR count). The number of carbonyl (C=O) groups excluding carboxylic acids is 1. The van der Waals surface area contributed by atoms with E-state index >= 15 is 0 Å². The van der Waals surface area contributed by atoms with Crippen molar-refractivity contribution in [1.29, 1.82) is 0 Å². The van der Waals surface area contributed by atoms with Crippen molar-refractivity contribution in [1.82, 2.24) is 0 Å². The average Bonchev–Trinajstić information content (AvgIpc) is 2.96. The number of benzene rings is 2. The van der Waals surface area contributed by atoms with Crippen LogP contribution in [0.1, 0.15) is 94.5 Å². The summed E-state index contributed by atoms with van der Waals surface area (Å²) in [5.41, 5.74) is 0.890. The van der Waals surface area contributed by atoms with Gasteiger partial charge in [-0.1, -0.05) is 108 Å². The van der Waals surface area contributed by atoms with Gasteiger partial charge in [0, 0.05) is 5.56 Å². The monoisotopic (exact) mass is 664 g/mol. The van der Waals surface area contributed by atoms with Crippen molar-refractivity contribution in [2.24, 2.45) is 0 Å². The molecule has 43 heavy (non-hydrogen) atoms. The van der Waals surface area contributed by atoms with E-state index in [2.05, 4.69) is 18.0 Å². The molecule has 0 atom stereocenters. The van der Waals surface area contributed by atoms with E-state index in [4.69, 9.17) is 8.37 Å². The molecule has 2 aromatic carbocycles. The van der Waals surface area contributed by atoms with Gasteiger partial charge < -0.3 is 0 Å². The first kappa shape index (κ1) is 40.8. The Hall–Kier alpha value is -2.16. The molecule has 0 aliphatic heterocycles. The molecule has 0 spiro atoms. The Labute approximate surface area is 259 Å². The predicted molar refractivity (Wildman–Crippen MR) is 169 cm³/mol. The lowest BCUT2D eigenvalue weighted by Gasteiger charge is -2.06. The molecular formula is C30H48O10S3. The molecule has 0 radical (unpaired) electrons. The summed E-state index contributed by atoms with van der Waals surface area (Å²) < 4.78 is 81.7.